The molecule has 2 aliphatic rings. The van der Waals surface area contributed by atoms with E-state index in [-0.39, 0.29) is 23.8 Å². The second-order valence-corrected chi connectivity index (χ2v) is 10.9. The molecule has 4 heterocycles. The lowest BCUT2D eigenvalue weighted by atomic mass is 10.0. The van der Waals surface area contributed by atoms with E-state index in [1.165, 1.54) is 22.9 Å². The van der Waals surface area contributed by atoms with Crippen molar-refractivity contribution in [2.45, 2.75) is 31.7 Å². The molecule has 2 N–H and O–H groups in total. The first-order valence-electron chi connectivity index (χ1n) is 11.5. The van der Waals surface area contributed by atoms with E-state index in [0.29, 0.717) is 10.8 Å². The average molecular weight is 493 g/mol. The fourth-order valence-electron chi connectivity index (χ4n) is 4.40. The van der Waals surface area contributed by atoms with Gasteiger partial charge in [-0.05, 0) is 74.6 Å². The maximum Gasteiger partial charge on any atom is 0.271 e. The van der Waals surface area contributed by atoms with Gasteiger partial charge in [0.25, 0.3) is 5.91 Å². The Kier molecular flexibility index (Phi) is 5.51. The van der Waals surface area contributed by atoms with Crippen molar-refractivity contribution in [2.75, 3.05) is 25.5 Å². The fourth-order valence-corrected chi connectivity index (χ4v) is 6.02. The van der Waals surface area contributed by atoms with Gasteiger partial charge in [-0.25, -0.2) is 9.97 Å². The highest BCUT2D eigenvalue weighted by Gasteiger charge is 2.30. The Balaban J connectivity index is 1.26. The molecule has 1 atom stereocenters. The Bertz CT molecular complexity index is 1410. The van der Waals surface area contributed by atoms with Gasteiger partial charge in [-0.15, -0.1) is 0 Å². The maximum absolute atomic E-state index is 13.0. The molecule has 0 bridgehead atoms. The van der Waals surface area contributed by atoms with Crippen LogP contribution in [0.1, 0.15) is 36.2 Å². The SMILES string of the molecule is CN1CCCC(NC(=O)c2nsc3ncc(-c4ccc5nc(NC(=O)C6CC6)sc5c4)cc23)C1. The molecule has 34 heavy (non-hydrogen) atoms. The Morgan fingerprint density at radius 1 is 1.15 bits per heavy atom. The topological polar surface area (TPSA) is 100 Å². The number of hydrogen-bond acceptors (Lipinski definition) is 8. The summed E-state index contributed by atoms with van der Waals surface area (Å²) in [6, 6.07) is 8.14. The monoisotopic (exact) mass is 492 g/mol. The molecule has 4 aromatic rings. The number of rotatable bonds is 5. The molecule has 0 spiro atoms. The van der Waals surface area contributed by atoms with Gasteiger partial charge in [0.2, 0.25) is 5.91 Å². The van der Waals surface area contributed by atoms with Crippen LogP contribution in [-0.4, -0.2) is 57.2 Å². The number of fused-ring (bicyclic) bond motifs is 2. The minimum absolute atomic E-state index is 0.0598. The van der Waals surface area contributed by atoms with Gasteiger partial charge in [0.15, 0.2) is 10.8 Å². The van der Waals surface area contributed by atoms with Crippen LogP contribution < -0.4 is 10.6 Å². The van der Waals surface area contributed by atoms with E-state index in [0.717, 1.165) is 70.3 Å². The number of piperidine rings is 1. The smallest absolute Gasteiger partial charge is 0.271 e. The van der Waals surface area contributed by atoms with Gasteiger partial charge >= 0.3 is 0 Å². The number of likely N-dealkylation sites (N-methyl/N-ethyl adjacent to an activating group) is 1. The Morgan fingerprint density at radius 3 is 2.85 bits per heavy atom. The fraction of sp³-hybridized carbons (Fsp3) is 0.375. The van der Waals surface area contributed by atoms with Crippen LogP contribution in [0.3, 0.4) is 0 Å². The van der Waals surface area contributed by atoms with E-state index in [2.05, 4.69) is 43.0 Å². The molecule has 0 radical (unpaired) electrons. The quantitative estimate of drug-likeness (QED) is 0.434. The molecule has 1 saturated carbocycles. The van der Waals surface area contributed by atoms with Crippen LogP contribution in [0.5, 0.6) is 0 Å². The number of carbonyl (C=O) groups excluding carboxylic acids is 2. The minimum atomic E-state index is -0.139. The molecular formula is C24H24N6O2S2. The maximum atomic E-state index is 13.0. The summed E-state index contributed by atoms with van der Waals surface area (Å²) in [7, 11) is 2.08. The zero-order valence-corrected chi connectivity index (χ0v) is 20.3. The van der Waals surface area contributed by atoms with Gasteiger partial charge in [-0.2, -0.15) is 4.37 Å². The summed E-state index contributed by atoms with van der Waals surface area (Å²) < 4.78 is 5.41. The van der Waals surface area contributed by atoms with Gasteiger partial charge in [-0.3, -0.25) is 9.59 Å². The number of benzene rings is 1. The van der Waals surface area contributed by atoms with Crippen molar-refractivity contribution in [3.8, 4) is 11.1 Å². The lowest BCUT2D eigenvalue weighted by Gasteiger charge is -2.29. The van der Waals surface area contributed by atoms with Crippen LogP contribution in [0.15, 0.2) is 30.5 Å². The number of amides is 2. The molecule has 3 aromatic heterocycles. The first kappa shape index (κ1) is 21.6. The van der Waals surface area contributed by atoms with Crippen molar-refractivity contribution in [2.24, 2.45) is 5.92 Å². The van der Waals surface area contributed by atoms with Crippen molar-refractivity contribution in [1.29, 1.82) is 0 Å². The third-order valence-electron chi connectivity index (χ3n) is 6.40. The van der Waals surface area contributed by atoms with E-state index in [1.807, 2.05) is 24.4 Å². The second kappa shape index (κ2) is 8.68. The van der Waals surface area contributed by atoms with Crippen molar-refractivity contribution >= 4 is 60.2 Å². The zero-order valence-electron chi connectivity index (χ0n) is 18.7. The Morgan fingerprint density at radius 2 is 2.03 bits per heavy atom. The van der Waals surface area contributed by atoms with Crippen LogP contribution in [-0.2, 0) is 4.79 Å². The average Bonchev–Trinajstić information content (AvgIpc) is 3.47. The third kappa shape index (κ3) is 4.28. The number of thiazole rings is 1. The van der Waals surface area contributed by atoms with E-state index in [4.69, 9.17) is 0 Å². The minimum Gasteiger partial charge on any atom is -0.347 e. The predicted octanol–water partition coefficient (Wildman–Crippen LogP) is 4.14. The predicted molar refractivity (Wildman–Crippen MR) is 135 cm³/mol. The number of nitrogens with zero attached hydrogens (tertiary/aromatic N) is 4. The summed E-state index contributed by atoms with van der Waals surface area (Å²) in [6.07, 6.45) is 5.81. The largest absolute Gasteiger partial charge is 0.347 e. The number of aromatic nitrogens is 3. The molecule has 8 nitrogen and oxygen atoms in total. The van der Waals surface area contributed by atoms with E-state index in [9.17, 15) is 9.59 Å². The second-order valence-electron chi connectivity index (χ2n) is 9.15. The summed E-state index contributed by atoms with van der Waals surface area (Å²) in [6.45, 7) is 1.92. The summed E-state index contributed by atoms with van der Waals surface area (Å²) in [5.41, 5.74) is 3.19. The van der Waals surface area contributed by atoms with Crippen molar-refractivity contribution in [3.05, 3.63) is 36.2 Å². The van der Waals surface area contributed by atoms with Crippen molar-refractivity contribution in [3.63, 3.8) is 0 Å². The van der Waals surface area contributed by atoms with Crippen LogP contribution in [0, 0.1) is 5.92 Å². The molecule has 1 saturated heterocycles. The molecule has 6 rings (SSSR count). The van der Waals surface area contributed by atoms with Gasteiger partial charge in [0, 0.05) is 35.7 Å². The van der Waals surface area contributed by atoms with Crippen LogP contribution in [0.25, 0.3) is 31.6 Å². The lowest BCUT2D eigenvalue weighted by Crippen LogP contribution is -2.46. The lowest BCUT2D eigenvalue weighted by molar-refractivity contribution is -0.117. The van der Waals surface area contributed by atoms with E-state index >= 15 is 0 Å². The van der Waals surface area contributed by atoms with Gasteiger partial charge in [0.1, 0.15) is 4.83 Å². The molecule has 1 aliphatic heterocycles. The van der Waals surface area contributed by atoms with Crippen LogP contribution >= 0.6 is 22.9 Å². The normalized spacial score (nSPS) is 18.9. The number of anilines is 1. The molecule has 1 aliphatic carbocycles. The molecular weight excluding hydrogens is 468 g/mol. The van der Waals surface area contributed by atoms with E-state index in [1.54, 1.807) is 0 Å². The molecule has 2 amide bonds. The summed E-state index contributed by atoms with van der Waals surface area (Å²) in [5.74, 6) is 0.0639. The molecule has 2 fully saturated rings. The summed E-state index contributed by atoms with van der Waals surface area (Å²) >= 11 is 2.72. The third-order valence-corrected chi connectivity index (χ3v) is 8.11. The van der Waals surface area contributed by atoms with Gasteiger partial charge in [0.05, 0.1) is 10.2 Å². The van der Waals surface area contributed by atoms with Gasteiger partial charge in [-0.1, -0.05) is 17.4 Å². The summed E-state index contributed by atoms with van der Waals surface area (Å²) in [5, 5.41) is 7.48. The first-order chi connectivity index (χ1) is 16.5. The number of carbonyl (C=O) groups is 2. The highest BCUT2D eigenvalue weighted by molar-refractivity contribution is 7.22. The molecule has 174 valence electrons. The van der Waals surface area contributed by atoms with Gasteiger partial charge < -0.3 is 15.5 Å². The highest BCUT2D eigenvalue weighted by atomic mass is 32.1. The Labute approximate surface area is 204 Å². The van der Waals surface area contributed by atoms with Crippen LogP contribution in [0.4, 0.5) is 5.13 Å². The number of hydrogen-bond donors (Lipinski definition) is 2. The highest BCUT2D eigenvalue weighted by Crippen LogP contribution is 2.34. The van der Waals surface area contributed by atoms with Crippen molar-refractivity contribution < 1.29 is 9.59 Å². The molecule has 1 unspecified atom stereocenters. The van der Waals surface area contributed by atoms with Crippen LogP contribution in [0.2, 0.25) is 0 Å². The van der Waals surface area contributed by atoms with E-state index < -0.39 is 0 Å². The number of nitrogens with one attached hydrogen (secondary N) is 2. The first-order valence-corrected chi connectivity index (χ1v) is 13.1. The number of likely N-dealkylation sites (tertiary alicyclic amines) is 1. The number of pyridine rings is 1. The molecule has 1 aromatic carbocycles. The summed E-state index contributed by atoms with van der Waals surface area (Å²) in [4.78, 5) is 37.2. The zero-order chi connectivity index (χ0) is 23.2. The Hall–Kier alpha value is -2.95. The standard InChI is InChI=1S/C24H24N6O2S2/c1-30-8-2-3-16(12-30)26-22(32)20-17-9-15(11-25-23(17)34-29-20)14-6-7-18-19(10-14)33-24(27-18)28-21(31)13-4-5-13/h6-7,9-11,13,16H,2-5,8,12H2,1H3,(H,26,32)(H,27,28,31). The molecule has 10 heteroatoms. The van der Waals surface area contributed by atoms with Crippen molar-refractivity contribution in [1.82, 2.24) is 24.6 Å².